The van der Waals surface area contributed by atoms with Crippen LogP contribution in [0.1, 0.15) is 46.1 Å². The normalized spacial score (nSPS) is 18.2. The molecule has 0 amide bonds. The zero-order valence-electron chi connectivity index (χ0n) is 24.5. The first-order chi connectivity index (χ1) is 17.5. The summed E-state index contributed by atoms with van der Waals surface area (Å²) < 4.78 is 55.7. The van der Waals surface area contributed by atoms with Crippen LogP contribution in [0.25, 0.3) is 0 Å². The molecule has 0 radical (unpaired) electrons. The fourth-order valence-electron chi connectivity index (χ4n) is 4.57. The van der Waals surface area contributed by atoms with Crippen LogP contribution >= 0.6 is 11.8 Å². The molecule has 38 heavy (non-hydrogen) atoms. The summed E-state index contributed by atoms with van der Waals surface area (Å²) in [4.78, 5) is -0.178. The Kier molecular flexibility index (Phi) is 14.7. The maximum atomic E-state index is 10.4. The van der Waals surface area contributed by atoms with E-state index in [9.17, 15) is 13.0 Å². The van der Waals surface area contributed by atoms with Crippen molar-refractivity contribution in [2.24, 2.45) is 0 Å². The third kappa shape index (κ3) is 12.6. The lowest BCUT2D eigenvalue weighted by Crippen LogP contribution is -2.64. The van der Waals surface area contributed by atoms with Crippen LogP contribution in [0.2, 0.25) is 0 Å². The van der Waals surface area contributed by atoms with Gasteiger partial charge in [-0.1, -0.05) is 17.7 Å². The average molecular weight is 581 g/mol. The third-order valence-corrected chi connectivity index (χ3v) is 8.58. The monoisotopic (exact) mass is 580 g/mol. The molecule has 0 aromatic heterocycles. The first kappa shape index (κ1) is 35.2. The maximum absolute atomic E-state index is 10.4. The van der Waals surface area contributed by atoms with Gasteiger partial charge < -0.3 is 28.0 Å². The molecule has 0 unspecified atom stereocenters. The van der Waals surface area contributed by atoms with Gasteiger partial charge >= 0.3 is 0 Å². The van der Waals surface area contributed by atoms with Crippen molar-refractivity contribution >= 4 is 21.9 Å². The van der Waals surface area contributed by atoms with Crippen molar-refractivity contribution in [3.63, 3.8) is 0 Å². The molecule has 0 saturated carbocycles. The molecule has 0 bridgehead atoms. The number of rotatable bonds is 14. The van der Waals surface area contributed by atoms with Gasteiger partial charge in [-0.25, -0.2) is 12.8 Å². The minimum atomic E-state index is -4.27. The van der Waals surface area contributed by atoms with E-state index < -0.39 is 10.1 Å². The molecule has 0 aliphatic carbocycles. The van der Waals surface area contributed by atoms with Crippen molar-refractivity contribution in [1.82, 2.24) is 4.42 Å². The van der Waals surface area contributed by atoms with Crippen LogP contribution in [0.5, 0.6) is 0 Å². The van der Waals surface area contributed by atoms with E-state index in [1.54, 1.807) is 19.2 Å². The largest absolute Gasteiger partial charge is 0.744 e. The summed E-state index contributed by atoms with van der Waals surface area (Å²) in [6, 6.07) is 6.35. The Labute approximate surface area is 235 Å². The molecule has 1 aliphatic rings. The summed E-state index contributed by atoms with van der Waals surface area (Å²) in [5.41, 5.74) is 0.907. The summed E-state index contributed by atoms with van der Waals surface area (Å²) in [7, 11) is 2.00. The lowest BCUT2D eigenvalue weighted by molar-refractivity contribution is -0.918. The molecular formula is C27H49ClN2O7S. The molecule has 0 atom stereocenters. The van der Waals surface area contributed by atoms with E-state index in [4.69, 9.17) is 30.7 Å². The SMILES string of the molecule is COCCOCCOCCOCC[N+](C)(C)C1CC(C)(C)N(Cl)C(C)(C)C1.Cc1ccc(S(=O)(=O)[O-])cc1. The van der Waals surface area contributed by atoms with E-state index in [-0.39, 0.29) is 16.0 Å². The lowest BCUT2D eigenvalue weighted by atomic mass is 9.78. The number of halogens is 1. The zero-order valence-corrected chi connectivity index (χ0v) is 26.1. The highest BCUT2D eigenvalue weighted by atomic mass is 35.5. The number of piperidine rings is 1. The Hall–Kier alpha value is -0.820. The van der Waals surface area contributed by atoms with Gasteiger partial charge in [-0.15, -0.1) is 0 Å². The van der Waals surface area contributed by atoms with Crippen LogP contribution in [0.3, 0.4) is 0 Å². The summed E-state index contributed by atoms with van der Waals surface area (Å²) in [6.07, 6.45) is 2.16. The van der Waals surface area contributed by atoms with E-state index in [2.05, 4.69) is 41.8 Å². The highest BCUT2D eigenvalue weighted by Crippen LogP contribution is 2.42. The number of hydrogen-bond acceptors (Lipinski definition) is 8. The van der Waals surface area contributed by atoms with Gasteiger partial charge in [0.25, 0.3) is 0 Å². The van der Waals surface area contributed by atoms with E-state index in [0.717, 1.165) is 36.0 Å². The van der Waals surface area contributed by atoms with Gasteiger partial charge in [0, 0.05) is 31.0 Å². The Morgan fingerprint density at radius 2 is 1.32 bits per heavy atom. The Balaban J connectivity index is 0.000000544. The number of ether oxygens (including phenoxy) is 4. The van der Waals surface area contributed by atoms with Gasteiger partial charge in [0.05, 0.1) is 71.3 Å². The van der Waals surface area contributed by atoms with Gasteiger partial charge in [-0.2, -0.15) is 0 Å². The van der Waals surface area contributed by atoms with Gasteiger partial charge in [0.1, 0.15) is 16.7 Å². The fourth-order valence-corrected chi connectivity index (χ4v) is 5.18. The predicted molar refractivity (Wildman–Crippen MR) is 149 cm³/mol. The number of benzene rings is 1. The summed E-state index contributed by atoms with van der Waals surface area (Å²) >= 11 is 6.61. The molecule has 1 aromatic carbocycles. The van der Waals surface area contributed by atoms with Gasteiger partial charge in [0.2, 0.25) is 0 Å². The van der Waals surface area contributed by atoms with Crippen LogP contribution in [0.4, 0.5) is 0 Å². The highest BCUT2D eigenvalue weighted by molar-refractivity contribution is 7.85. The maximum Gasteiger partial charge on any atom is 0.124 e. The number of methoxy groups -OCH3 is 1. The van der Waals surface area contributed by atoms with Crippen LogP contribution in [-0.2, 0) is 29.1 Å². The average Bonchev–Trinajstić information content (AvgIpc) is 2.80. The Bertz CT molecular complexity index is 891. The number of nitrogens with zero attached hydrogens (tertiary/aromatic N) is 2. The molecular weight excluding hydrogens is 532 g/mol. The number of hydrogen-bond donors (Lipinski definition) is 0. The van der Waals surface area contributed by atoms with Crippen molar-refractivity contribution in [3.05, 3.63) is 29.8 Å². The summed E-state index contributed by atoms with van der Waals surface area (Å²) in [5.74, 6) is 0. The van der Waals surface area contributed by atoms with E-state index in [1.807, 2.05) is 11.3 Å². The van der Waals surface area contributed by atoms with Crippen molar-refractivity contribution < 1.29 is 36.4 Å². The second-order valence-corrected chi connectivity index (χ2v) is 13.3. The minimum absolute atomic E-state index is 0.0104. The van der Waals surface area contributed by atoms with Crippen molar-refractivity contribution in [2.75, 3.05) is 74.0 Å². The van der Waals surface area contributed by atoms with Gasteiger partial charge in [-0.3, -0.25) is 0 Å². The molecule has 1 fully saturated rings. The highest BCUT2D eigenvalue weighted by Gasteiger charge is 2.49. The van der Waals surface area contributed by atoms with Gasteiger partial charge in [0.15, 0.2) is 0 Å². The van der Waals surface area contributed by atoms with Crippen molar-refractivity contribution in [2.45, 2.75) is 69.5 Å². The van der Waals surface area contributed by atoms with Crippen LogP contribution in [0, 0.1) is 6.92 Å². The summed E-state index contributed by atoms with van der Waals surface area (Å²) in [6.45, 7) is 16.1. The van der Waals surface area contributed by atoms with E-state index in [0.29, 0.717) is 45.7 Å². The predicted octanol–water partition coefficient (Wildman–Crippen LogP) is 3.83. The molecule has 11 heteroatoms. The second kappa shape index (κ2) is 15.8. The van der Waals surface area contributed by atoms with Gasteiger partial charge in [-0.05, 0) is 58.5 Å². The second-order valence-electron chi connectivity index (χ2n) is 11.6. The van der Waals surface area contributed by atoms with Crippen LogP contribution in [-0.4, -0.2) is 113 Å². The first-order valence-electron chi connectivity index (χ1n) is 13.1. The molecule has 0 N–H and O–H groups in total. The topological polar surface area (TPSA) is 97.4 Å². The third-order valence-electron chi connectivity index (χ3n) is 6.82. The molecule has 2 rings (SSSR count). The molecule has 1 aromatic rings. The summed E-state index contributed by atoms with van der Waals surface area (Å²) in [5, 5.41) is 0. The van der Waals surface area contributed by atoms with Crippen molar-refractivity contribution in [1.29, 1.82) is 0 Å². The van der Waals surface area contributed by atoms with Crippen molar-refractivity contribution in [3.8, 4) is 0 Å². The number of aryl methyl sites for hydroxylation is 1. The Morgan fingerprint density at radius 3 is 1.74 bits per heavy atom. The zero-order chi connectivity index (χ0) is 29.0. The van der Waals surface area contributed by atoms with Crippen LogP contribution < -0.4 is 0 Å². The molecule has 1 aliphatic heterocycles. The van der Waals surface area contributed by atoms with Crippen LogP contribution in [0.15, 0.2) is 29.2 Å². The lowest BCUT2D eigenvalue weighted by Gasteiger charge is -2.54. The van der Waals surface area contributed by atoms with E-state index >= 15 is 0 Å². The molecule has 1 heterocycles. The molecule has 9 nitrogen and oxygen atoms in total. The fraction of sp³-hybridized carbons (Fsp3) is 0.778. The number of likely N-dealkylation sites (N-methyl/N-ethyl adjacent to an activating group) is 1. The quantitative estimate of drug-likeness (QED) is 0.142. The van der Waals surface area contributed by atoms with E-state index in [1.165, 1.54) is 12.1 Å². The molecule has 1 saturated heterocycles. The standard InChI is InChI=1S/C20H42ClN2O4.C7H8O3S/c1-19(2)16-18(17-20(3,4)22(19)21)23(5,6)8-9-25-12-13-27-15-14-26-11-10-24-7;1-6-2-4-7(5-3-6)11(8,9)10/h18H,8-17H2,1-7H3;2-5H,1H3,(H,8,9,10)/q+1;/p-1. The smallest absolute Gasteiger partial charge is 0.124 e. The Morgan fingerprint density at radius 1 is 0.895 bits per heavy atom. The molecule has 0 spiro atoms. The molecule has 222 valence electrons. The minimum Gasteiger partial charge on any atom is -0.744 e. The first-order valence-corrected chi connectivity index (χ1v) is 14.8. The number of quaternary nitrogens is 1.